The third-order valence-electron chi connectivity index (χ3n) is 3.05. The van der Waals surface area contributed by atoms with Gasteiger partial charge in [-0.15, -0.1) is 34.0 Å². The molecule has 0 bridgehead atoms. The summed E-state index contributed by atoms with van der Waals surface area (Å²) in [6.07, 6.45) is 1.04. The normalized spacial score (nSPS) is 12.7. The lowest BCUT2D eigenvalue weighted by Crippen LogP contribution is -2.23. The fourth-order valence-corrected chi connectivity index (χ4v) is 5.64. The second-order valence-corrected chi connectivity index (χ2v) is 9.77. The van der Waals surface area contributed by atoms with E-state index in [1.165, 1.54) is 18.4 Å². The highest BCUT2D eigenvalue weighted by Crippen LogP contribution is 2.33. The van der Waals surface area contributed by atoms with E-state index in [0.717, 1.165) is 17.3 Å². The van der Waals surface area contributed by atoms with Crippen molar-refractivity contribution >= 4 is 61.5 Å². The van der Waals surface area contributed by atoms with Crippen LogP contribution in [0.25, 0.3) is 0 Å². The van der Waals surface area contributed by atoms with Gasteiger partial charge in [0.2, 0.25) is 0 Å². The maximum absolute atomic E-state index is 6.09. The Labute approximate surface area is 149 Å². The van der Waals surface area contributed by atoms with E-state index in [9.17, 15) is 0 Å². The molecule has 0 saturated carbocycles. The fraction of sp³-hybridized carbons (Fsp3) is 0.200. The Bertz CT molecular complexity index is 689. The molecule has 3 heterocycles. The van der Waals surface area contributed by atoms with Crippen molar-refractivity contribution in [3.63, 3.8) is 0 Å². The predicted octanol–water partition coefficient (Wildman–Crippen LogP) is 6.21. The number of nitrogens with one attached hydrogen (secondary N) is 1. The highest BCUT2D eigenvalue weighted by atomic mass is 79.9. The van der Waals surface area contributed by atoms with Gasteiger partial charge in [0.15, 0.2) is 0 Å². The van der Waals surface area contributed by atoms with Crippen molar-refractivity contribution in [2.75, 3.05) is 6.54 Å². The molecule has 0 aliphatic carbocycles. The number of halogens is 2. The predicted molar refractivity (Wildman–Crippen MR) is 99.2 cm³/mol. The van der Waals surface area contributed by atoms with Crippen LogP contribution >= 0.6 is 61.5 Å². The molecular weight excluding hydrogens is 406 g/mol. The van der Waals surface area contributed by atoms with Crippen LogP contribution in [0.2, 0.25) is 4.34 Å². The molecule has 6 heteroatoms. The molecule has 0 radical (unpaired) electrons. The number of hydrogen-bond donors (Lipinski definition) is 1. The lowest BCUT2D eigenvalue weighted by Gasteiger charge is -2.15. The lowest BCUT2D eigenvalue weighted by atomic mass is 10.2. The second-order valence-electron chi connectivity index (χ2n) is 4.50. The smallest absolute Gasteiger partial charge is 0.0931 e. The van der Waals surface area contributed by atoms with Gasteiger partial charge >= 0.3 is 0 Å². The van der Waals surface area contributed by atoms with Gasteiger partial charge in [0, 0.05) is 21.2 Å². The molecule has 0 spiro atoms. The van der Waals surface area contributed by atoms with Gasteiger partial charge in [-0.05, 0) is 58.1 Å². The first-order valence-corrected chi connectivity index (χ1v) is 10.2. The number of thiophene rings is 3. The topological polar surface area (TPSA) is 12.0 Å². The zero-order valence-corrected chi connectivity index (χ0v) is 15.8. The molecule has 0 saturated heterocycles. The van der Waals surface area contributed by atoms with Crippen molar-refractivity contribution < 1.29 is 0 Å². The quantitative estimate of drug-likeness (QED) is 0.502. The van der Waals surface area contributed by atoms with Crippen LogP contribution in [0, 0.1) is 0 Å². The van der Waals surface area contributed by atoms with E-state index in [1.807, 2.05) is 6.07 Å². The number of rotatable bonds is 6. The lowest BCUT2D eigenvalue weighted by molar-refractivity contribution is 0.623. The first kappa shape index (κ1) is 15.7. The van der Waals surface area contributed by atoms with Gasteiger partial charge in [-0.1, -0.05) is 17.7 Å². The summed E-state index contributed by atoms with van der Waals surface area (Å²) >= 11 is 14.8. The van der Waals surface area contributed by atoms with E-state index in [0.29, 0.717) is 0 Å². The van der Waals surface area contributed by atoms with Crippen LogP contribution in [-0.4, -0.2) is 6.54 Å². The van der Waals surface area contributed by atoms with Crippen LogP contribution in [-0.2, 0) is 6.42 Å². The van der Waals surface area contributed by atoms with Gasteiger partial charge in [-0.2, -0.15) is 0 Å². The minimum Gasteiger partial charge on any atom is -0.305 e. The Balaban J connectivity index is 1.68. The van der Waals surface area contributed by atoms with Gasteiger partial charge in [0.1, 0.15) is 0 Å². The van der Waals surface area contributed by atoms with Gasteiger partial charge in [0.25, 0.3) is 0 Å². The van der Waals surface area contributed by atoms with E-state index < -0.39 is 0 Å². The molecule has 3 aromatic rings. The van der Waals surface area contributed by atoms with Gasteiger partial charge < -0.3 is 5.32 Å². The first-order valence-electron chi connectivity index (χ1n) is 6.48. The highest BCUT2D eigenvalue weighted by Gasteiger charge is 2.16. The summed E-state index contributed by atoms with van der Waals surface area (Å²) in [5.74, 6) is 0. The molecule has 1 atom stereocenters. The largest absolute Gasteiger partial charge is 0.305 e. The fourth-order valence-electron chi connectivity index (χ4n) is 2.11. The van der Waals surface area contributed by atoms with E-state index in [1.54, 1.807) is 34.0 Å². The molecule has 1 N–H and O–H groups in total. The molecule has 0 amide bonds. The molecule has 21 heavy (non-hydrogen) atoms. The standard InChI is InChI=1S/C15H13BrClNS3/c16-13-5-3-10(20-13)7-8-18-15(11-2-1-9-19-11)12-4-6-14(17)21-12/h1-6,9,15,18H,7-8H2. The molecule has 0 aliphatic heterocycles. The Kier molecular flexibility index (Phi) is 5.54. The SMILES string of the molecule is Clc1ccc(C(NCCc2ccc(Br)s2)c2cccs2)s1. The van der Waals surface area contributed by atoms with Crippen molar-refractivity contribution in [2.24, 2.45) is 0 Å². The molecular formula is C15H13BrClNS3. The van der Waals surface area contributed by atoms with Crippen LogP contribution in [0.3, 0.4) is 0 Å². The van der Waals surface area contributed by atoms with E-state index >= 15 is 0 Å². The van der Waals surface area contributed by atoms with Crippen molar-refractivity contribution in [3.8, 4) is 0 Å². The molecule has 1 unspecified atom stereocenters. The van der Waals surface area contributed by atoms with Crippen LogP contribution in [0.4, 0.5) is 0 Å². The highest BCUT2D eigenvalue weighted by molar-refractivity contribution is 9.11. The molecule has 3 rings (SSSR count). The molecule has 3 aromatic heterocycles. The average molecular weight is 419 g/mol. The van der Waals surface area contributed by atoms with E-state index in [4.69, 9.17) is 11.6 Å². The summed E-state index contributed by atoms with van der Waals surface area (Å²) < 4.78 is 2.04. The van der Waals surface area contributed by atoms with Gasteiger partial charge in [0.05, 0.1) is 14.2 Å². The van der Waals surface area contributed by atoms with Crippen LogP contribution < -0.4 is 5.32 Å². The molecule has 110 valence electrons. The third kappa shape index (κ3) is 4.18. The number of hydrogen-bond acceptors (Lipinski definition) is 4. The molecule has 1 nitrogen and oxygen atoms in total. The minimum atomic E-state index is 0.242. The van der Waals surface area contributed by atoms with Crippen molar-refractivity contribution in [2.45, 2.75) is 12.5 Å². The summed E-state index contributed by atoms with van der Waals surface area (Å²) in [6, 6.07) is 12.9. The van der Waals surface area contributed by atoms with Gasteiger partial charge in [-0.25, -0.2) is 0 Å². The zero-order chi connectivity index (χ0) is 14.7. The Morgan fingerprint density at radius 2 is 2.00 bits per heavy atom. The Morgan fingerprint density at radius 1 is 1.10 bits per heavy atom. The Hall–Kier alpha value is -0.170. The zero-order valence-electron chi connectivity index (χ0n) is 11.0. The van der Waals surface area contributed by atoms with Crippen LogP contribution in [0.15, 0.2) is 45.6 Å². The van der Waals surface area contributed by atoms with Crippen LogP contribution in [0.5, 0.6) is 0 Å². The third-order valence-corrected chi connectivity index (χ3v) is 6.97. The molecule has 0 aliphatic rings. The molecule has 0 fully saturated rings. The minimum absolute atomic E-state index is 0.242. The second kappa shape index (κ2) is 7.40. The molecule has 0 aromatic carbocycles. The van der Waals surface area contributed by atoms with E-state index in [2.05, 4.69) is 57.0 Å². The summed E-state index contributed by atoms with van der Waals surface area (Å²) in [6.45, 7) is 0.949. The van der Waals surface area contributed by atoms with Crippen molar-refractivity contribution in [1.82, 2.24) is 5.32 Å². The van der Waals surface area contributed by atoms with Crippen LogP contribution in [0.1, 0.15) is 20.7 Å². The van der Waals surface area contributed by atoms with E-state index in [-0.39, 0.29) is 6.04 Å². The van der Waals surface area contributed by atoms with Gasteiger partial charge in [-0.3, -0.25) is 0 Å². The summed E-state index contributed by atoms with van der Waals surface area (Å²) in [7, 11) is 0. The summed E-state index contributed by atoms with van der Waals surface area (Å²) in [4.78, 5) is 4.00. The maximum Gasteiger partial charge on any atom is 0.0931 e. The average Bonchev–Trinajstić information content (AvgIpc) is 3.17. The Morgan fingerprint density at radius 3 is 2.62 bits per heavy atom. The summed E-state index contributed by atoms with van der Waals surface area (Å²) in [5.41, 5.74) is 0. The van der Waals surface area contributed by atoms with Crippen molar-refractivity contribution in [1.29, 1.82) is 0 Å². The van der Waals surface area contributed by atoms with Crippen molar-refractivity contribution in [3.05, 3.63) is 64.5 Å². The first-order chi connectivity index (χ1) is 10.2. The summed E-state index contributed by atoms with van der Waals surface area (Å²) in [5, 5.41) is 5.78. The monoisotopic (exact) mass is 417 g/mol. The maximum atomic E-state index is 6.09.